The molecule has 108 valence electrons. The summed E-state index contributed by atoms with van der Waals surface area (Å²) in [5.41, 5.74) is 3.63. The van der Waals surface area contributed by atoms with Gasteiger partial charge in [-0.25, -0.2) is 0 Å². The molecular weight excluding hydrogens is 264 g/mol. The average molecular weight is 282 g/mol. The molecule has 2 unspecified atom stereocenters. The molecule has 0 bridgehead atoms. The lowest BCUT2D eigenvalue weighted by atomic mass is 10.0. The van der Waals surface area contributed by atoms with E-state index in [9.17, 15) is 10.1 Å². The van der Waals surface area contributed by atoms with Gasteiger partial charge in [0.2, 0.25) is 0 Å². The van der Waals surface area contributed by atoms with Crippen molar-refractivity contribution in [3.05, 3.63) is 75.3 Å². The molecule has 0 saturated heterocycles. The van der Waals surface area contributed by atoms with Crippen LogP contribution in [-0.2, 0) is 6.42 Å². The normalized spacial score (nSPS) is 18.2. The van der Waals surface area contributed by atoms with Crippen molar-refractivity contribution in [2.75, 3.05) is 0 Å². The molecular formula is C17H18N2O2. The molecule has 4 heteroatoms. The number of nitrogens with one attached hydrogen (secondary N) is 1. The first-order valence-electron chi connectivity index (χ1n) is 7.24. The molecule has 0 amide bonds. The minimum Gasteiger partial charge on any atom is -0.303 e. The Balaban J connectivity index is 1.82. The van der Waals surface area contributed by atoms with Crippen molar-refractivity contribution in [3.8, 4) is 0 Å². The second kappa shape index (κ2) is 5.66. The second-order valence-electron chi connectivity index (χ2n) is 5.49. The van der Waals surface area contributed by atoms with E-state index in [2.05, 4.69) is 29.6 Å². The van der Waals surface area contributed by atoms with Crippen molar-refractivity contribution in [2.45, 2.75) is 31.8 Å². The van der Waals surface area contributed by atoms with Gasteiger partial charge in [-0.15, -0.1) is 0 Å². The first-order chi connectivity index (χ1) is 10.2. The van der Waals surface area contributed by atoms with Crippen LogP contribution in [-0.4, -0.2) is 4.92 Å². The van der Waals surface area contributed by atoms with Gasteiger partial charge >= 0.3 is 0 Å². The van der Waals surface area contributed by atoms with Crippen molar-refractivity contribution in [2.24, 2.45) is 0 Å². The summed E-state index contributed by atoms with van der Waals surface area (Å²) in [7, 11) is 0. The zero-order valence-corrected chi connectivity index (χ0v) is 12.0. The number of nitrogens with zero attached hydrogens (tertiary/aromatic N) is 1. The predicted octanol–water partition coefficient (Wildman–Crippen LogP) is 3.93. The summed E-state index contributed by atoms with van der Waals surface area (Å²) >= 11 is 0. The summed E-state index contributed by atoms with van der Waals surface area (Å²) in [6.45, 7) is 1.99. The molecule has 1 N–H and O–H groups in total. The highest BCUT2D eigenvalue weighted by Crippen LogP contribution is 2.34. The van der Waals surface area contributed by atoms with E-state index in [1.54, 1.807) is 12.1 Å². The number of rotatable bonds is 4. The van der Waals surface area contributed by atoms with Crippen LogP contribution in [0.15, 0.2) is 48.5 Å². The molecule has 2 aromatic carbocycles. The Labute approximate surface area is 124 Å². The number of aryl methyl sites for hydroxylation is 1. The van der Waals surface area contributed by atoms with Crippen LogP contribution in [0.1, 0.15) is 42.1 Å². The number of hydrogen-bond donors (Lipinski definition) is 1. The quantitative estimate of drug-likeness (QED) is 0.682. The minimum atomic E-state index is -0.309. The van der Waals surface area contributed by atoms with Crippen LogP contribution in [0.25, 0.3) is 0 Å². The summed E-state index contributed by atoms with van der Waals surface area (Å²) in [5.74, 6) is 0. The molecule has 0 spiro atoms. The van der Waals surface area contributed by atoms with E-state index >= 15 is 0 Å². The van der Waals surface area contributed by atoms with Crippen LogP contribution in [0.5, 0.6) is 0 Å². The fraction of sp³-hybridized carbons (Fsp3) is 0.294. The number of fused-ring (bicyclic) bond motifs is 1. The monoisotopic (exact) mass is 282 g/mol. The molecule has 3 rings (SSSR count). The summed E-state index contributed by atoms with van der Waals surface area (Å²) in [6, 6.07) is 15.6. The summed E-state index contributed by atoms with van der Waals surface area (Å²) in [4.78, 5) is 10.8. The molecule has 0 heterocycles. The van der Waals surface area contributed by atoms with E-state index in [0.717, 1.165) is 18.4 Å². The number of benzene rings is 2. The van der Waals surface area contributed by atoms with Gasteiger partial charge in [-0.1, -0.05) is 42.5 Å². The van der Waals surface area contributed by atoms with Crippen LogP contribution < -0.4 is 5.32 Å². The molecule has 2 aromatic rings. The Morgan fingerprint density at radius 1 is 1.19 bits per heavy atom. The maximum absolute atomic E-state index is 11.1. The first-order valence-corrected chi connectivity index (χ1v) is 7.24. The van der Waals surface area contributed by atoms with Crippen LogP contribution in [0.3, 0.4) is 0 Å². The molecule has 0 saturated carbocycles. The third-order valence-electron chi connectivity index (χ3n) is 4.18. The number of nitro groups is 1. The Bertz CT molecular complexity index is 669. The van der Waals surface area contributed by atoms with Crippen LogP contribution in [0.2, 0.25) is 0 Å². The van der Waals surface area contributed by atoms with Crippen LogP contribution in [0.4, 0.5) is 5.69 Å². The fourth-order valence-electron chi connectivity index (χ4n) is 3.14. The van der Waals surface area contributed by atoms with E-state index in [-0.39, 0.29) is 22.7 Å². The number of para-hydroxylation sites is 1. The standard InChI is InChI=1S/C17H18N2O2/c1-12(14-7-4-5-9-17(14)19(20)21)18-16-11-10-13-6-2-3-8-15(13)16/h2-9,12,16,18H,10-11H2,1H3. The Kier molecular flexibility index (Phi) is 3.71. The summed E-state index contributed by atoms with van der Waals surface area (Å²) < 4.78 is 0. The lowest BCUT2D eigenvalue weighted by molar-refractivity contribution is -0.385. The van der Waals surface area contributed by atoms with E-state index < -0.39 is 0 Å². The Hall–Kier alpha value is -2.20. The Morgan fingerprint density at radius 3 is 2.71 bits per heavy atom. The molecule has 1 aliphatic carbocycles. The van der Waals surface area contributed by atoms with E-state index in [1.807, 2.05) is 19.1 Å². The maximum atomic E-state index is 11.1. The zero-order valence-electron chi connectivity index (χ0n) is 12.0. The van der Waals surface area contributed by atoms with E-state index in [4.69, 9.17) is 0 Å². The van der Waals surface area contributed by atoms with Crippen molar-refractivity contribution in [3.63, 3.8) is 0 Å². The van der Waals surface area contributed by atoms with Crippen LogP contribution in [0, 0.1) is 10.1 Å². The average Bonchev–Trinajstić information content (AvgIpc) is 2.90. The van der Waals surface area contributed by atoms with Crippen molar-refractivity contribution in [1.29, 1.82) is 0 Å². The van der Waals surface area contributed by atoms with Gasteiger partial charge in [0.05, 0.1) is 4.92 Å². The van der Waals surface area contributed by atoms with Gasteiger partial charge in [-0.2, -0.15) is 0 Å². The van der Waals surface area contributed by atoms with Gasteiger partial charge in [-0.05, 0) is 30.9 Å². The van der Waals surface area contributed by atoms with Gasteiger partial charge in [-0.3, -0.25) is 10.1 Å². The highest BCUT2D eigenvalue weighted by molar-refractivity contribution is 5.42. The summed E-state index contributed by atoms with van der Waals surface area (Å²) in [6.07, 6.45) is 2.11. The van der Waals surface area contributed by atoms with Gasteiger partial charge in [0.25, 0.3) is 5.69 Å². The van der Waals surface area contributed by atoms with Crippen LogP contribution >= 0.6 is 0 Å². The number of hydrogen-bond acceptors (Lipinski definition) is 3. The molecule has 0 fully saturated rings. The maximum Gasteiger partial charge on any atom is 0.274 e. The topological polar surface area (TPSA) is 55.2 Å². The van der Waals surface area contributed by atoms with Crippen molar-refractivity contribution >= 4 is 5.69 Å². The van der Waals surface area contributed by atoms with Gasteiger partial charge < -0.3 is 5.32 Å². The first kappa shape index (κ1) is 13.8. The molecule has 2 atom stereocenters. The van der Waals surface area contributed by atoms with Crippen molar-refractivity contribution < 1.29 is 4.92 Å². The molecule has 0 aromatic heterocycles. The highest BCUT2D eigenvalue weighted by atomic mass is 16.6. The van der Waals surface area contributed by atoms with Gasteiger partial charge in [0.1, 0.15) is 0 Å². The van der Waals surface area contributed by atoms with Gasteiger partial charge in [0, 0.05) is 23.7 Å². The largest absolute Gasteiger partial charge is 0.303 e. The SMILES string of the molecule is CC(NC1CCc2ccccc21)c1ccccc1[N+](=O)[O-]. The molecule has 0 radical (unpaired) electrons. The molecule has 0 aliphatic heterocycles. The minimum absolute atomic E-state index is 0.0530. The molecule has 1 aliphatic rings. The Morgan fingerprint density at radius 2 is 1.90 bits per heavy atom. The van der Waals surface area contributed by atoms with Gasteiger partial charge in [0.15, 0.2) is 0 Å². The smallest absolute Gasteiger partial charge is 0.274 e. The molecule has 21 heavy (non-hydrogen) atoms. The number of nitro benzene ring substituents is 1. The van der Waals surface area contributed by atoms with E-state index in [1.165, 1.54) is 11.1 Å². The third-order valence-corrected chi connectivity index (χ3v) is 4.18. The van der Waals surface area contributed by atoms with Crippen molar-refractivity contribution in [1.82, 2.24) is 5.32 Å². The summed E-state index contributed by atoms with van der Waals surface area (Å²) in [5, 5.41) is 14.7. The lowest BCUT2D eigenvalue weighted by Gasteiger charge is -2.20. The molecule has 4 nitrogen and oxygen atoms in total. The fourth-order valence-corrected chi connectivity index (χ4v) is 3.14. The third kappa shape index (κ3) is 2.67. The zero-order chi connectivity index (χ0) is 14.8. The highest BCUT2D eigenvalue weighted by Gasteiger charge is 2.25. The second-order valence-corrected chi connectivity index (χ2v) is 5.49. The predicted molar refractivity (Wildman–Crippen MR) is 82.2 cm³/mol. The lowest BCUT2D eigenvalue weighted by Crippen LogP contribution is -2.23. The van der Waals surface area contributed by atoms with E-state index in [0.29, 0.717) is 0 Å².